The van der Waals surface area contributed by atoms with Crippen LogP contribution in [0.3, 0.4) is 0 Å². The largest absolute Gasteiger partial charge is 0.457 e. The van der Waals surface area contributed by atoms with Crippen molar-refractivity contribution in [2.24, 2.45) is 0 Å². The lowest BCUT2D eigenvalue weighted by Crippen LogP contribution is -2.32. The second-order valence-corrected chi connectivity index (χ2v) is 19.0. The van der Waals surface area contributed by atoms with Crippen LogP contribution in [0.2, 0.25) is 0 Å². The van der Waals surface area contributed by atoms with Crippen LogP contribution in [0.15, 0.2) is 261 Å². The molecule has 0 atom stereocenters. The molecule has 0 unspecified atom stereocenters. The third kappa shape index (κ3) is 5.43. The Hall–Kier alpha value is -9.18. The first-order valence-corrected chi connectivity index (χ1v) is 24.5. The second kappa shape index (κ2) is 15.2. The summed E-state index contributed by atoms with van der Waals surface area (Å²) in [5.41, 5.74) is 21.2. The zero-order valence-electron chi connectivity index (χ0n) is 38.6. The lowest BCUT2D eigenvalue weighted by atomic mass is 9.66. The molecular weight excluding hydrogens is 863 g/mol. The van der Waals surface area contributed by atoms with Crippen molar-refractivity contribution >= 4 is 17.1 Å². The van der Waals surface area contributed by atoms with E-state index in [2.05, 4.69) is 266 Å². The molecule has 0 amide bonds. The topological polar surface area (TPSA) is 21.7 Å². The fraction of sp³-hybridized carbons (Fsp3) is 0.0294. The van der Waals surface area contributed by atoms with Crippen molar-refractivity contribution in [1.29, 1.82) is 0 Å². The summed E-state index contributed by atoms with van der Waals surface area (Å²) >= 11 is 0. The molecule has 0 fully saturated rings. The number of ether oxygens (including phenoxy) is 2. The Morgan fingerprint density at radius 3 is 1.32 bits per heavy atom. The average Bonchev–Trinajstić information content (AvgIpc) is 3.90. The maximum Gasteiger partial charge on any atom is 0.132 e. The lowest BCUT2D eigenvalue weighted by molar-refractivity contribution is 0.436. The van der Waals surface area contributed by atoms with E-state index in [-0.39, 0.29) is 0 Å². The van der Waals surface area contributed by atoms with Gasteiger partial charge < -0.3 is 14.4 Å². The Morgan fingerprint density at radius 1 is 0.254 bits per heavy atom. The molecule has 0 radical (unpaired) electrons. The minimum atomic E-state index is -0.616. The van der Waals surface area contributed by atoms with Crippen LogP contribution in [-0.2, 0) is 10.8 Å². The van der Waals surface area contributed by atoms with Crippen molar-refractivity contribution in [3.63, 3.8) is 0 Å². The highest BCUT2D eigenvalue weighted by atomic mass is 16.5. The van der Waals surface area contributed by atoms with E-state index >= 15 is 0 Å². The van der Waals surface area contributed by atoms with E-state index < -0.39 is 10.8 Å². The van der Waals surface area contributed by atoms with Crippen molar-refractivity contribution in [2.75, 3.05) is 4.90 Å². The molecule has 0 saturated heterocycles. The van der Waals surface area contributed by atoms with E-state index in [1.165, 1.54) is 50.1 Å². The van der Waals surface area contributed by atoms with Crippen LogP contribution in [0.5, 0.6) is 23.0 Å². The molecule has 2 heterocycles. The third-order valence-corrected chi connectivity index (χ3v) is 15.6. The fourth-order valence-electron chi connectivity index (χ4n) is 12.9. The Labute approximate surface area is 413 Å². The highest BCUT2D eigenvalue weighted by Gasteiger charge is 2.53. The van der Waals surface area contributed by atoms with Crippen LogP contribution in [0, 0.1) is 0 Å². The van der Waals surface area contributed by atoms with E-state index in [4.69, 9.17) is 9.47 Å². The summed E-state index contributed by atoms with van der Waals surface area (Å²) in [7, 11) is 0. The average molecular weight is 906 g/mol. The van der Waals surface area contributed by atoms with Crippen LogP contribution < -0.4 is 14.4 Å². The second-order valence-electron chi connectivity index (χ2n) is 19.0. The fourth-order valence-corrected chi connectivity index (χ4v) is 12.9. The zero-order valence-corrected chi connectivity index (χ0v) is 38.6. The first kappa shape index (κ1) is 39.8. The molecule has 71 heavy (non-hydrogen) atoms. The maximum absolute atomic E-state index is 6.74. The molecule has 15 rings (SSSR count). The summed E-state index contributed by atoms with van der Waals surface area (Å²) in [6.07, 6.45) is 0. The summed E-state index contributed by atoms with van der Waals surface area (Å²) in [5, 5.41) is 0. The highest BCUT2D eigenvalue weighted by Crippen LogP contribution is 2.65. The zero-order chi connectivity index (χ0) is 46.7. The molecular formula is C68H43NO2. The molecule has 0 N–H and O–H groups in total. The molecule has 332 valence electrons. The van der Waals surface area contributed by atoms with Crippen molar-refractivity contribution in [3.05, 3.63) is 305 Å². The standard InChI is InChI=1S/C68H43NO2/c1-2-20-44(21-3-1)45-22-18-23-47(42-45)69(61-35-19-33-59-66(61)50-26-5-8-28-53(50)68(59)57-31-11-16-38-64(57)71-65-39-17-12-32-58(65)68)60-34-13-6-24-48(60)46-40-41-54-51(43-46)49-25-4-7-27-52(49)67(54)55-29-9-14-36-62(55)70-63-37-15-10-30-56(63)67/h1-43H. The van der Waals surface area contributed by atoms with E-state index in [1.807, 2.05) is 0 Å². The molecule has 3 heteroatoms. The van der Waals surface area contributed by atoms with Crippen LogP contribution in [0.4, 0.5) is 17.1 Å². The van der Waals surface area contributed by atoms with Crippen LogP contribution in [-0.4, -0.2) is 0 Å². The van der Waals surface area contributed by atoms with Crippen molar-refractivity contribution in [3.8, 4) is 67.5 Å². The Bertz CT molecular complexity index is 3890. The number of fused-ring (bicyclic) bond motifs is 18. The van der Waals surface area contributed by atoms with Gasteiger partial charge in [0.15, 0.2) is 0 Å². The quantitative estimate of drug-likeness (QED) is 0.172. The Balaban J connectivity index is 0.990. The van der Waals surface area contributed by atoms with E-state index in [0.717, 1.165) is 79.0 Å². The molecule has 0 saturated carbocycles. The van der Waals surface area contributed by atoms with Gasteiger partial charge >= 0.3 is 0 Å². The van der Waals surface area contributed by atoms with Gasteiger partial charge in [-0.1, -0.05) is 206 Å². The summed E-state index contributed by atoms with van der Waals surface area (Å²) in [5.74, 6) is 3.54. The molecule has 11 aromatic carbocycles. The minimum Gasteiger partial charge on any atom is -0.457 e. The van der Waals surface area contributed by atoms with Crippen LogP contribution in [0.1, 0.15) is 44.5 Å². The Kier molecular flexibility index (Phi) is 8.49. The Morgan fingerprint density at radius 2 is 0.690 bits per heavy atom. The molecule has 4 aliphatic rings. The normalized spacial score (nSPS) is 14.1. The first-order chi connectivity index (χ1) is 35.2. The smallest absolute Gasteiger partial charge is 0.132 e. The van der Waals surface area contributed by atoms with Gasteiger partial charge in [0.25, 0.3) is 0 Å². The van der Waals surface area contributed by atoms with Crippen LogP contribution >= 0.6 is 0 Å². The number of hydrogen-bond acceptors (Lipinski definition) is 3. The highest BCUT2D eigenvalue weighted by molar-refractivity contribution is 6.01. The van der Waals surface area contributed by atoms with Gasteiger partial charge in [-0.3, -0.25) is 0 Å². The molecule has 0 aromatic heterocycles. The van der Waals surface area contributed by atoms with Crippen LogP contribution in [0.25, 0.3) is 44.5 Å². The van der Waals surface area contributed by atoms with Gasteiger partial charge in [-0.15, -0.1) is 0 Å². The van der Waals surface area contributed by atoms with Gasteiger partial charge in [0.05, 0.1) is 22.2 Å². The molecule has 2 aliphatic heterocycles. The predicted molar refractivity (Wildman–Crippen MR) is 287 cm³/mol. The van der Waals surface area contributed by atoms with Gasteiger partial charge in [-0.2, -0.15) is 0 Å². The van der Waals surface area contributed by atoms with E-state index in [0.29, 0.717) is 0 Å². The van der Waals surface area contributed by atoms with Gasteiger partial charge in [0.1, 0.15) is 23.0 Å². The lowest BCUT2D eigenvalue weighted by Gasteiger charge is -2.39. The first-order valence-electron chi connectivity index (χ1n) is 24.5. The number of anilines is 3. The third-order valence-electron chi connectivity index (χ3n) is 15.6. The molecule has 3 nitrogen and oxygen atoms in total. The van der Waals surface area contributed by atoms with Crippen molar-refractivity contribution in [2.45, 2.75) is 10.8 Å². The van der Waals surface area contributed by atoms with Gasteiger partial charge in [-0.25, -0.2) is 0 Å². The summed E-state index contributed by atoms with van der Waals surface area (Å²) in [6.45, 7) is 0. The number of hydrogen-bond donors (Lipinski definition) is 0. The SMILES string of the molecule is c1ccc(-c2cccc(N(c3ccccc3-c3ccc4c(c3)-c3ccccc3C43c4ccccc4Oc4ccccc43)c3cccc4c3-c3ccccc3C43c4ccccc4Oc4ccccc43)c2)cc1. The predicted octanol–water partition coefficient (Wildman–Crippen LogP) is 17.4. The van der Waals surface area contributed by atoms with Gasteiger partial charge in [0.2, 0.25) is 0 Å². The molecule has 0 bridgehead atoms. The number of para-hydroxylation sites is 5. The van der Waals surface area contributed by atoms with E-state index in [9.17, 15) is 0 Å². The molecule has 11 aromatic rings. The minimum absolute atomic E-state index is 0.547. The van der Waals surface area contributed by atoms with Crippen molar-refractivity contribution in [1.82, 2.24) is 0 Å². The van der Waals surface area contributed by atoms with Gasteiger partial charge in [-0.05, 0) is 110 Å². The molecule has 2 aliphatic carbocycles. The number of nitrogens with zero attached hydrogens (tertiary/aromatic N) is 1. The van der Waals surface area contributed by atoms with Gasteiger partial charge in [0, 0.05) is 39.1 Å². The maximum atomic E-state index is 6.74. The summed E-state index contributed by atoms with van der Waals surface area (Å²) in [4.78, 5) is 2.52. The summed E-state index contributed by atoms with van der Waals surface area (Å²) in [6, 6.07) is 95.2. The number of benzene rings is 11. The van der Waals surface area contributed by atoms with E-state index in [1.54, 1.807) is 0 Å². The van der Waals surface area contributed by atoms with Crippen molar-refractivity contribution < 1.29 is 9.47 Å². The molecule has 2 spiro atoms. The summed E-state index contributed by atoms with van der Waals surface area (Å²) < 4.78 is 13.4. The monoisotopic (exact) mass is 905 g/mol. The number of rotatable bonds is 5.